The standard InChI is InChI=1S/C20H28N2O6/c1-11(2)16(17-14(25)9-12(3)21(5-7-23)19(17)27)18-15(26)10-13(4)22(6-8-24)20(18)28/h9-11,16,23-26H,5-8H2,1-4H3. The Hall–Kier alpha value is -2.58. The van der Waals surface area contributed by atoms with Crippen LogP contribution in [0, 0.1) is 19.8 Å². The van der Waals surface area contributed by atoms with Gasteiger partial charge in [-0.15, -0.1) is 0 Å². The highest BCUT2D eigenvalue weighted by atomic mass is 16.3. The van der Waals surface area contributed by atoms with Crippen molar-refractivity contribution in [3.8, 4) is 11.5 Å². The summed E-state index contributed by atoms with van der Waals surface area (Å²) in [6.45, 7) is 6.45. The molecule has 0 spiro atoms. The van der Waals surface area contributed by atoms with Crippen LogP contribution in [0.4, 0.5) is 0 Å². The Bertz CT molecular complexity index is 899. The smallest absolute Gasteiger partial charge is 0.258 e. The van der Waals surface area contributed by atoms with Gasteiger partial charge in [-0.3, -0.25) is 9.59 Å². The van der Waals surface area contributed by atoms with Crippen molar-refractivity contribution < 1.29 is 20.4 Å². The predicted octanol–water partition coefficient (Wildman–Crippen LogP) is 0.811. The first-order valence-corrected chi connectivity index (χ1v) is 9.23. The minimum absolute atomic E-state index is 0.000788. The zero-order chi connectivity index (χ0) is 21.2. The predicted molar refractivity (Wildman–Crippen MR) is 105 cm³/mol. The largest absolute Gasteiger partial charge is 0.507 e. The summed E-state index contributed by atoms with van der Waals surface area (Å²) in [6.07, 6.45) is 0. The lowest BCUT2D eigenvalue weighted by atomic mass is 9.82. The van der Waals surface area contributed by atoms with E-state index in [9.17, 15) is 30.0 Å². The van der Waals surface area contributed by atoms with Gasteiger partial charge in [0.1, 0.15) is 11.5 Å². The third kappa shape index (κ3) is 3.83. The van der Waals surface area contributed by atoms with Crippen molar-refractivity contribution in [2.75, 3.05) is 13.2 Å². The van der Waals surface area contributed by atoms with Crippen LogP contribution < -0.4 is 11.1 Å². The summed E-state index contributed by atoms with van der Waals surface area (Å²) in [7, 11) is 0. The molecule has 8 heteroatoms. The van der Waals surface area contributed by atoms with Gasteiger partial charge in [0.15, 0.2) is 0 Å². The first-order valence-electron chi connectivity index (χ1n) is 9.23. The van der Waals surface area contributed by atoms with E-state index >= 15 is 0 Å². The van der Waals surface area contributed by atoms with Crippen molar-refractivity contribution in [1.29, 1.82) is 0 Å². The van der Waals surface area contributed by atoms with Gasteiger partial charge in [0.2, 0.25) is 0 Å². The molecule has 2 aromatic heterocycles. The maximum absolute atomic E-state index is 13.1. The lowest BCUT2D eigenvalue weighted by Gasteiger charge is -2.25. The topological polar surface area (TPSA) is 125 Å². The molecule has 2 heterocycles. The van der Waals surface area contributed by atoms with E-state index in [0.717, 1.165) is 0 Å². The highest BCUT2D eigenvalue weighted by molar-refractivity contribution is 5.46. The minimum Gasteiger partial charge on any atom is -0.507 e. The number of aliphatic hydroxyl groups is 2. The number of aromatic nitrogens is 2. The normalized spacial score (nSPS) is 11.6. The number of aromatic hydroxyl groups is 2. The lowest BCUT2D eigenvalue weighted by molar-refractivity contribution is 0.271. The van der Waals surface area contributed by atoms with Crippen molar-refractivity contribution in [2.45, 2.75) is 46.7 Å². The average Bonchev–Trinajstić information content (AvgIpc) is 2.60. The van der Waals surface area contributed by atoms with E-state index in [1.165, 1.54) is 21.3 Å². The molecule has 0 saturated carbocycles. The van der Waals surface area contributed by atoms with Crippen LogP contribution in [0.5, 0.6) is 11.5 Å². The molecule has 0 unspecified atom stereocenters. The van der Waals surface area contributed by atoms with E-state index in [2.05, 4.69) is 0 Å². The van der Waals surface area contributed by atoms with Gasteiger partial charge in [-0.25, -0.2) is 0 Å². The Labute approximate surface area is 162 Å². The average molecular weight is 392 g/mol. The van der Waals surface area contributed by atoms with Crippen molar-refractivity contribution in [2.24, 2.45) is 5.92 Å². The molecule has 0 aliphatic carbocycles. The summed E-state index contributed by atoms with van der Waals surface area (Å²) >= 11 is 0. The third-order valence-electron chi connectivity index (χ3n) is 4.98. The van der Waals surface area contributed by atoms with Crippen LogP contribution in [-0.2, 0) is 13.1 Å². The molecule has 0 saturated heterocycles. The van der Waals surface area contributed by atoms with E-state index in [-0.39, 0.29) is 54.8 Å². The molecule has 0 atom stereocenters. The summed E-state index contributed by atoms with van der Waals surface area (Å²) in [6, 6.07) is 2.83. The maximum Gasteiger partial charge on any atom is 0.258 e. The van der Waals surface area contributed by atoms with Gasteiger partial charge in [-0.2, -0.15) is 0 Å². The number of rotatable bonds is 7. The lowest BCUT2D eigenvalue weighted by Crippen LogP contribution is -2.34. The van der Waals surface area contributed by atoms with E-state index in [4.69, 9.17) is 0 Å². The number of aliphatic hydroxyl groups excluding tert-OH is 2. The zero-order valence-corrected chi connectivity index (χ0v) is 16.6. The molecule has 0 aliphatic heterocycles. The summed E-state index contributed by atoms with van der Waals surface area (Å²) < 4.78 is 2.67. The van der Waals surface area contributed by atoms with Gasteiger partial charge < -0.3 is 29.6 Å². The van der Waals surface area contributed by atoms with Crippen LogP contribution in [-0.4, -0.2) is 42.8 Å². The number of aryl methyl sites for hydroxylation is 2. The van der Waals surface area contributed by atoms with Crippen LogP contribution in [0.25, 0.3) is 0 Å². The number of hydrogen-bond acceptors (Lipinski definition) is 6. The zero-order valence-electron chi connectivity index (χ0n) is 16.6. The number of nitrogens with zero attached hydrogens (tertiary/aromatic N) is 2. The van der Waals surface area contributed by atoms with Crippen LogP contribution >= 0.6 is 0 Å². The molecule has 0 aliphatic rings. The number of hydrogen-bond donors (Lipinski definition) is 4. The molecule has 8 nitrogen and oxygen atoms in total. The van der Waals surface area contributed by atoms with Crippen molar-refractivity contribution in [3.63, 3.8) is 0 Å². The van der Waals surface area contributed by atoms with Gasteiger partial charge in [-0.1, -0.05) is 13.8 Å². The minimum atomic E-state index is -0.865. The second kappa shape index (κ2) is 8.62. The Kier molecular flexibility index (Phi) is 6.69. The first-order chi connectivity index (χ1) is 13.1. The molecule has 2 aromatic rings. The van der Waals surface area contributed by atoms with E-state index in [1.807, 2.05) is 0 Å². The summed E-state index contributed by atoms with van der Waals surface area (Å²) in [5.74, 6) is -1.68. The molecule has 0 aromatic carbocycles. The van der Waals surface area contributed by atoms with E-state index < -0.39 is 17.0 Å². The first kappa shape index (κ1) is 21.7. The van der Waals surface area contributed by atoms with Gasteiger partial charge in [0, 0.05) is 30.4 Å². The fourth-order valence-corrected chi connectivity index (χ4v) is 3.69. The van der Waals surface area contributed by atoms with Crippen LogP contribution in [0.2, 0.25) is 0 Å². The molecule has 2 rings (SSSR count). The Morgan fingerprint density at radius 1 is 0.821 bits per heavy atom. The van der Waals surface area contributed by atoms with Crippen molar-refractivity contribution in [1.82, 2.24) is 9.13 Å². The fourth-order valence-electron chi connectivity index (χ4n) is 3.69. The summed E-state index contributed by atoms with van der Waals surface area (Å²) in [5, 5.41) is 39.6. The highest BCUT2D eigenvalue weighted by Gasteiger charge is 2.31. The van der Waals surface area contributed by atoms with E-state index in [1.54, 1.807) is 27.7 Å². The Balaban J connectivity index is 2.87. The SMILES string of the molecule is Cc1cc(O)c(C(c2c(O)cc(C)n(CCO)c2=O)C(C)C)c(=O)n1CCO. The Morgan fingerprint density at radius 2 is 1.18 bits per heavy atom. The molecular weight excluding hydrogens is 364 g/mol. The van der Waals surface area contributed by atoms with Crippen molar-refractivity contribution in [3.05, 3.63) is 55.4 Å². The van der Waals surface area contributed by atoms with Gasteiger partial charge in [-0.05, 0) is 31.9 Å². The monoisotopic (exact) mass is 392 g/mol. The molecule has 0 amide bonds. The number of pyridine rings is 2. The van der Waals surface area contributed by atoms with Crippen LogP contribution in [0.15, 0.2) is 21.7 Å². The highest BCUT2D eigenvalue weighted by Crippen LogP contribution is 2.37. The van der Waals surface area contributed by atoms with Gasteiger partial charge >= 0.3 is 0 Å². The fraction of sp³-hybridized carbons (Fsp3) is 0.500. The molecule has 28 heavy (non-hydrogen) atoms. The second-order valence-electron chi connectivity index (χ2n) is 7.25. The molecule has 0 fully saturated rings. The molecule has 154 valence electrons. The maximum atomic E-state index is 13.1. The van der Waals surface area contributed by atoms with Gasteiger partial charge in [0.25, 0.3) is 11.1 Å². The third-order valence-corrected chi connectivity index (χ3v) is 4.98. The molecule has 4 N–H and O–H groups in total. The van der Waals surface area contributed by atoms with Gasteiger partial charge in [0.05, 0.1) is 24.3 Å². The van der Waals surface area contributed by atoms with Crippen LogP contribution in [0.3, 0.4) is 0 Å². The summed E-state index contributed by atoms with van der Waals surface area (Å²) in [5.41, 5.74) is -0.0689. The van der Waals surface area contributed by atoms with E-state index in [0.29, 0.717) is 11.4 Å². The van der Waals surface area contributed by atoms with Crippen LogP contribution in [0.1, 0.15) is 42.3 Å². The summed E-state index contributed by atoms with van der Waals surface area (Å²) in [4.78, 5) is 26.2. The Morgan fingerprint density at radius 3 is 1.46 bits per heavy atom. The molecule has 0 bridgehead atoms. The second-order valence-corrected chi connectivity index (χ2v) is 7.25. The molecule has 0 radical (unpaired) electrons. The molecular formula is C20H28N2O6. The quantitative estimate of drug-likeness (QED) is 0.553. The van der Waals surface area contributed by atoms with Crippen molar-refractivity contribution >= 4 is 0 Å².